The van der Waals surface area contributed by atoms with Crippen molar-refractivity contribution in [2.45, 2.75) is 401 Å². The third-order valence-corrected chi connectivity index (χ3v) is 19.6. The molecule has 0 aromatic heterocycles. The highest BCUT2D eigenvalue weighted by Gasteiger charge is 2.30. The van der Waals surface area contributed by atoms with Gasteiger partial charge in [-0.25, -0.2) is 9.13 Å². The van der Waals surface area contributed by atoms with Crippen molar-refractivity contribution >= 4 is 39.5 Å². The number of carbonyl (C=O) groups is 4. The van der Waals surface area contributed by atoms with Crippen LogP contribution in [0.2, 0.25) is 0 Å². The van der Waals surface area contributed by atoms with E-state index in [1.807, 2.05) is 0 Å². The van der Waals surface area contributed by atoms with Gasteiger partial charge in [0.25, 0.3) is 0 Å². The van der Waals surface area contributed by atoms with Gasteiger partial charge in [-0.1, -0.05) is 331 Å². The van der Waals surface area contributed by atoms with E-state index in [0.29, 0.717) is 25.7 Å². The molecule has 0 aromatic carbocycles. The molecule has 558 valence electrons. The van der Waals surface area contributed by atoms with Crippen LogP contribution in [0.15, 0.2) is 0 Å². The van der Waals surface area contributed by atoms with Crippen LogP contribution in [-0.2, 0) is 65.4 Å². The number of unbranched alkanes of at least 4 members (excludes halogenated alkanes) is 40. The first-order chi connectivity index (χ1) is 45.3. The molecule has 3 N–H and O–H groups in total. The number of hydrogen-bond acceptors (Lipinski definition) is 15. The second-order valence-corrected chi connectivity index (χ2v) is 31.1. The molecule has 0 aromatic rings. The van der Waals surface area contributed by atoms with E-state index in [2.05, 4.69) is 48.5 Å². The number of esters is 4. The first-order valence-corrected chi connectivity index (χ1v) is 41.9. The molecule has 17 nitrogen and oxygen atoms in total. The van der Waals surface area contributed by atoms with E-state index in [0.717, 1.165) is 108 Å². The van der Waals surface area contributed by atoms with Crippen molar-refractivity contribution in [3.8, 4) is 0 Å². The van der Waals surface area contributed by atoms with Gasteiger partial charge < -0.3 is 33.8 Å². The molecule has 0 aliphatic carbocycles. The lowest BCUT2D eigenvalue weighted by Gasteiger charge is -2.21. The van der Waals surface area contributed by atoms with Crippen molar-refractivity contribution in [1.29, 1.82) is 0 Å². The van der Waals surface area contributed by atoms with Crippen LogP contribution in [0.25, 0.3) is 0 Å². The minimum Gasteiger partial charge on any atom is -0.462 e. The molecule has 19 heteroatoms. The Hall–Kier alpha value is -1.94. The minimum absolute atomic E-state index is 0.105. The number of phosphoric acid groups is 2. The van der Waals surface area contributed by atoms with E-state index in [1.165, 1.54) is 193 Å². The fourth-order valence-electron chi connectivity index (χ4n) is 11.4. The van der Waals surface area contributed by atoms with Crippen LogP contribution in [-0.4, -0.2) is 96.7 Å². The van der Waals surface area contributed by atoms with E-state index in [4.69, 9.17) is 37.0 Å². The monoisotopic (exact) mass is 1380 g/mol. The summed E-state index contributed by atoms with van der Waals surface area (Å²) >= 11 is 0. The summed E-state index contributed by atoms with van der Waals surface area (Å²) < 4.78 is 68.5. The summed E-state index contributed by atoms with van der Waals surface area (Å²) in [4.78, 5) is 72.8. The normalized spacial score (nSPS) is 14.4. The van der Waals surface area contributed by atoms with Crippen LogP contribution in [0.4, 0.5) is 0 Å². The fourth-order valence-corrected chi connectivity index (χ4v) is 13.0. The van der Waals surface area contributed by atoms with Gasteiger partial charge in [0.2, 0.25) is 0 Å². The molecule has 0 radical (unpaired) electrons. The summed E-state index contributed by atoms with van der Waals surface area (Å²) in [5, 5.41) is 10.6. The SMILES string of the molecule is CCCCCCCCCCCCC(=O)OC[C@H](COP(=O)(O)OC[C@H](O)COP(=O)(O)OC[C@@H](COC(=O)CCCCCCCCCCCCCCCC(C)C)OC(=O)CCCCCCCCCCCCCCCC(C)C)OC(=O)CCCCCCCCCCC(C)CC. The number of aliphatic hydroxyl groups excluding tert-OH is 1. The Balaban J connectivity index is 5.25. The standard InChI is InChI=1S/C75H146O17P2/c1-8-10-11-12-13-14-27-35-42-49-56-72(77)85-63-71(92-75(80)59-52-45-38-31-30-34-41-48-55-68(7)9-2)65-90-94(83,84)88-61-69(76)60-87-93(81,82)89-64-70(91-74(79)58-51-44-37-29-24-20-16-18-22-26-33-40-47-54-67(5)6)62-86-73(78)57-50-43-36-28-23-19-15-17-21-25-32-39-46-53-66(3)4/h66-71,76H,8-65H2,1-7H3,(H,81,82)(H,83,84)/t68?,69-,70-,71-/m1/s1. The van der Waals surface area contributed by atoms with Gasteiger partial charge in [0.15, 0.2) is 12.2 Å². The Morgan fingerprint density at radius 1 is 0.309 bits per heavy atom. The molecule has 3 unspecified atom stereocenters. The van der Waals surface area contributed by atoms with Crippen LogP contribution in [0, 0.1) is 17.8 Å². The zero-order valence-electron chi connectivity index (χ0n) is 61.4. The van der Waals surface area contributed by atoms with Gasteiger partial charge in [0.05, 0.1) is 26.4 Å². The van der Waals surface area contributed by atoms with Crippen molar-refractivity contribution in [3.63, 3.8) is 0 Å². The fraction of sp³-hybridized carbons (Fsp3) is 0.947. The number of aliphatic hydroxyl groups is 1. The smallest absolute Gasteiger partial charge is 0.462 e. The lowest BCUT2D eigenvalue weighted by molar-refractivity contribution is -0.161. The third-order valence-electron chi connectivity index (χ3n) is 17.7. The maximum Gasteiger partial charge on any atom is 0.472 e. The minimum atomic E-state index is -4.96. The van der Waals surface area contributed by atoms with E-state index in [1.54, 1.807) is 0 Å². The molecule has 0 aliphatic rings. The molecule has 0 saturated carbocycles. The van der Waals surface area contributed by atoms with Gasteiger partial charge in [0.1, 0.15) is 19.3 Å². The summed E-state index contributed by atoms with van der Waals surface area (Å²) in [6.07, 6.45) is 51.2. The van der Waals surface area contributed by atoms with Crippen molar-refractivity contribution in [2.75, 3.05) is 39.6 Å². The van der Waals surface area contributed by atoms with E-state index in [9.17, 15) is 43.2 Å². The summed E-state index contributed by atoms with van der Waals surface area (Å²) in [5.74, 6) is 0.228. The molecule has 0 saturated heterocycles. The molecule has 6 atom stereocenters. The highest BCUT2D eigenvalue weighted by atomic mass is 31.2. The van der Waals surface area contributed by atoms with Crippen molar-refractivity contribution in [3.05, 3.63) is 0 Å². The Kier molecular flexibility index (Phi) is 64.3. The largest absolute Gasteiger partial charge is 0.472 e. The van der Waals surface area contributed by atoms with Crippen LogP contribution in [0.5, 0.6) is 0 Å². The van der Waals surface area contributed by atoms with Crippen LogP contribution < -0.4 is 0 Å². The quantitative estimate of drug-likeness (QED) is 0.0222. The van der Waals surface area contributed by atoms with Crippen molar-refractivity contribution in [1.82, 2.24) is 0 Å². The summed E-state index contributed by atoms with van der Waals surface area (Å²) in [6.45, 7) is 11.9. The lowest BCUT2D eigenvalue weighted by atomic mass is 9.99. The van der Waals surface area contributed by atoms with Gasteiger partial charge in [-0.3, -0.25) is 37.3 Å². The Morgan fingerprint density at radius 2 is 0.543 bits per heavy atom. The first kappa shape index (κ1) is 92.1. The molecule has 0 bridgehead atoms. The van der Waals surface area contributed by atoms with Crippen LogP contribution in [0.1, 0.15) is 382 Å². The van der Waals surface area contributed by atoms with Gasteiger partial charge in [-0.2, -0.15) is 0 Å². The molecule has 0 spiro atoms. The molecule has 94 heavy (non-hydrogen) atoms. The van der Waals surface area contributed by atoms with Crippen molar-refractivity contribution < 1.29 is 80.2 Å². The van der Waals surface area contributed by atoms with Crippen LogP contribution in [0.3, 0.4) is 0 Å². The Bertz CT molecular complexity index is 1840. The number of hydrogen-bond donors (Lipinski definition) is 3. The average Bonchev–Trinajstić information content (AvgIpc) is 1.13. The zero-order chi connectivity index (χ0) is 69.4. The Labute approximate surface area is 575 Å². The maximum atomic E-state index is 13.1. The van der Waals surface area contributed by atoms with Crippen LogP contribution >= 0.6 is 15.6 Å². The van der Waals surface area contributed by atoms with Gasteiger partial charge in [-0.15, -0.1) is 0 Å². The van der Waals surface area contributed by atoms with Gasteiger partial charge in [-0.05, 0) is 43.4 Å². The predicted molar refractivity (Wildman–Crippen MR) is 381 cm³/mol. The summed E-state index contributed by atoms with van der Waals surface area (Å²) in [7, 11) is -9.91. The molecular formula is C75H146O17P2. The molecule has 0 fully saturated rings. The zero-order valence-corrected chi connectivity index (χ0v) is 63.2. The lowest BCUT2D eigenvalue weighted by Crippen LogP contribution is -2.30. The first-order valence-electron chi connectivity index (χ1n) is 38.9. The number of ether oxygens (including phenoxy) is 4. The second kappa shape index (κ2) is 65.7. The van der Waals surface area contributed by atoms with E-state index >= 15 is 0 Å². The number of carbonyl (C=O) groups excluding carboxylic acids is 4. The van der Waals surface area contributed by atoms with E-state index < -0.39 is 97.5 Å². The second-order valence-electron chi connectivity index (χ2n) is 28.2. The average molecular weight is 1380 g/mol. The number of rotatable bonds is 73. The maximum absolute atomic E-state index is 13.1. The molecule has 0 rings (SSSR count). The topological polar surface area (TPSA) is 237 Å². The molecule has 0 aliphatic heterocycles. The summed E-state index contributed by atoms with van der Waals surface area (Å²) in [5.41, 5.74) is 0. The van der Waals surface area contributed by atoms with E-state index in [-0.39, 0.29) is 25.7 Å². The molecular weight excluding hydrogens is 1230 g/mol. The predicted octanol–water partition coefficient (Wildman–Crippen LogP) is 21.8. The highest BCUT2D eigenvalue weighted by Crippen LogP contribution is 2.45. The van der Waals surface area contributed by atoms with Gasteiger partial charge >= 0.3 is 39.5 Å². The summed E-state index contributed by atoms with van der Waals surface area (Å²) in [6, 6.07) is 0. The molecule has 0 amide bonds. The van der Waals surface area contributed by atoms with Gasteiger partial charge in [0, 0.05) is 25.7 Å². The van der Waals surface area contributed by atoms with Crippen molar-refractivity contribution in [2.24, 2.45) is 17.8 Å². The third kappa shape index (κ3) is 67.3. The highest BCUT2D eigenvalue weighted by molar-refractivity contribution is 7.47. The number of phosphoric ester groups is 2. The Morgan fingerprint density at radius 3 is 0.809 bits per heavy atom. The molecule has 0 heterocycles.